The second-order valence-electron chi connectivity index (χ2n) is 3.88. The van der Waals surface area contributed by atoms with Crippen LogP contribution in [0.5, 0.6) is 0 Å². The fraction of sp³-hybridized carbons (Fsp3) is 0.750. The molecule has 1 rings (SSSR count). The molecule has 0 bridgehead atoms. The summed E-state index contributed by atoms with van der Waals surface area (Å²) in [6.07, 6.45) is 13.2. The van der Waals surface area contributed by atoms with Gasteiger partial charge < -0.3 is 0 Å². The molecule has 1 nitrogen and oxygen atoms in total. The summed E-state index contributed by atoms with van der Waals surface area (Å²) in [5.74, 6) is 3.60. The fourth-order valence-electron chi connectivity index (χ4n) is 2.19. The summed E-state index contributed by atoms with van der Waals surface area (Å²) in [5.41, 5.74) is 0. The molecule has 0 amide bonds. The smallest absolute Gasteiger partial charge is 0.0658 e. The minimum absolute atomic E-state index is 0.312. The van der Waals surface area contributed by atoms with Gasteiger partial charge >= 0.3 is 0 Å². The van der Waals surface area contributed by atoms with Gasteiger partial charge in [-0.15, -0.1) is 12.3 Å². The van der Waals surface area contributed by atoms with Crippen LogP contribution in [0, 0.1) is 35.5 Å². The van der Waals surface area contributed by atoms with Crippen molar-refractivity contribution < 1.29 is 0 Å². The van der Waals surface area contributed by atoms with Crippen LogP contribution in [0.1, 0.15) is 44.9 Å². The van der Waals surface area contributed by atoms with E-state index in [9.17, 15) is 0 Å². The third-order valence-corrected chi connectivity index (χ3v) is 2.97. The molecule has 1 aliphatic rings. The van der Waals surface area contributed by atoms with Crippen molar-refractivity contribution in [1.82, 2.24) is 0 Å². The van der Waals surface area contributed by atoms with Gasteiger partial charge in [0.25, 0.3) is 0 Å². The van der Waals surface area contributed by atoms with Crippen LogP contribution < -0.4 is 0 Å². The second-order valence-corrected chi connectivity index (χ2v) is 3.88. The fourth-order valence-corrected chi connectivity index (χ4v) is 2.19. The molecule has 0 N–H and O–H groups in total. The van der Waals surface area contributed by atoms with Crippen molar-refractivity contribution in [3.63, 3.8) is 0 Å². The van der Waals surface area contributed by atoms with E-state index >= 15 is 0 Å². The lowest BCUT2D eigenvalue weighted by Gasteiger charge is -2.26. The Morgan fingerprint density at radius 3 is 2.77 bits per heavy atom. The average molecular weight is 175 g/mol. The summed E-state index contributed by atoms with van der Waals surface area (Å²) in [5, 5.41) is 8.93. The molecule has 0 spiro atoms. The van der Waals surface area contributed by atoms with E-state index in [-0.39, 0.29) is 0 Å². The lowest BCUT2D eigenvalue weighted by molar-refractivity contribution is 0.271. The molecule has 0 saturated heterocycles. The van der Waals surface area contributed by atoms with Crippen molar-refractivity contribution >= 4 is 0 Å². The number of terminal acetylenes is 1. The lowest BCUT2D eigenvalue weighted by Crippen LogP contribution is -2.17. The third-order valence-electron chi connectivity index (χ3n) is 2.97. The Bertz CT molecular complexity index is 218. The summed E-state index contributed by atoms with van der Waals surface area (Å²) in [6, 6.07) is 2.43. The van der Waals surface area contributed by atoms with E-state index in [4.69, 9.17) is 11.7 Å². The van der Waals surface area contributed by atoms with Gasteiger partial charge in [-0.05, 0) is 31.6 Å². The molecular formula is C12H17N. The van der Waals surface area contributed by atoms with Crippen LogP contribution in [-0.2, 0) is 0 Å². The molecule has 2 unspecified atom stereocenters. The van der Waals surface area contributed by atoms with E-state index in [0.717, 1.165) is 25.7 Å². The summed E-state index contributed by atoms with van der Waals surface area (Å²) in [6.45, 7) is 0. The summed E-state index contributed by atoms with van der Waals surface area (Å²) < 4.78 is 0. The predicted molar refractivity (Wildman–Crippen MR) is 53.7 cm³/mol. The normalized spacial score (nSPS) is 27.5. The topological polar surface area (TPSA) is 23.8 Å². The largest absolute Gasteiger partial charge is 0.198 e. The van der Waals surface area contributed by atoms with Gasteiger partial charge in [0.15, 0.2) is 0 Å². The highest BCUT2D eigenvalue weighted by Crippen LogP contribution is 2.32. The van der Waals surface area contributed by atoms with Crippen molar-refractivity contribution in [3.8, 4) is 18.4 Å². The van der Waals surface area contributed by atoms with Gasteiger partial charge in [-0.3, -0.25) is 0 Å². The van der Waals surface area contributed by atoms with E-state index in [1.54, 1.807) is 0 Å². The highest BCUT2D eigenvalue weighted by atomic mass is 14.3. The molecule has 70 valence electrons. The molecule has 0 aliphatic heterocycles. The van der Waals surface area contributed by atoms with Gasteiger partial charge in [0.1, 0.15) is 0 Å². The van der Waals surface area contributed by atoms with Crippen LogP contribution in [0.4, 0.5) is 0 Å². The number of hydrogen-bond donors (Lipinski definition) is 0. The molecule has 0 aromatic heterocycles. The van der Waals surface area contributed by atoms with Crippen molar-refractivity contribution in [2.75, 3.05) is 0 Å². The van der Waals surface area contributed by atoms with E-state index < -0.39 is 0 Å². The van der Waals surface area contributed by atoms with Gasteiger partial charge in [-0.2, -0.15) is 5.26 Å². The van der Waals surface area contributed by atoms with Crippen LogP contribution in [0.2, 0.25) is 0 Å². The summed E-state index contributed by atoms with van der Waals surface area (Å²) >= 11 is 0. The Morgan fingerprint density at radius 2 is 2.08 bits per heavy atom. The SMILES string of the molecule is C#CCCCC1CCCCC1C#N. The molecule has 1 saturated carbocycles. The Kier molecular flexibility index (Phi) is 4.41. The number of unbranched alkanes of at least 4 members (excludes halogenated alkanes) is 1. The van der Waals surface area contributed by atoms with E-state index in [1.807, 2.05) is 0 Å². The van der Waals surface area contributed by atoms with Gasteiger partial charge in [-0.1, -0.05) is 12.8 Å². The van der Waals surface area contributed by atoms with Crippen LogP contribution in [0.3, 0.4) is 0 Å². The first-order chi connectivity index (χ1) is 6.38. The standard InChI is InChI=1S/C12H17N/c1-2-3-4-7-11-8-5-6-9-12(11)10-13/h1,11-12H,3-9H2. The minimum atomic E-state index is 0.312. The molecule has 0 heterocycles. The molecule has 0 aromatic rings. The van der Waals surface area contributed by atoms with Crippen molar-refractivity contribution in [2.45, 2.75) is 44.9 Å². The molecule has 0 radical (unpaired) electrons. The first kappa shape index (κ1) is 10.1. The zero-order chi connectivity index (χ0) is 9.52. The summed E-state index contributed by atoms with van der Waals surface area (Å²) in [7, 11) is 0. The molecule has 0 aromatic carbocycles. The van der Waals surface area contributed by atoms with Crippen molar-refractivity contribution in [3.05, 3.63) is 0 Å². The minimum Gasteiger partial charge on any atom is -0.198 e. The lowest BCUT2D eigenvalue weighted by atomic mass is 9.77. The number of nitriles is 1. The number of nitrogens with zero attached hydrogens (tertiary/aromatic N) is 1. The Hall–Kier alpha value is -0.950. The van der Waals surface area contributed by atoms with Gasteiger partial charge in [0.05, 0.1) is 6.07 Å². The maximum atomic E-state index is 8.93. The average Bonchev–Trinajstić information content (AvgIpc) is 2.19. The zero-order valence-corrected chi connectivity index (χ0v) is 8.13. The molecule has 1 aliphatic carbocycles. The molecule has 2 atom stereocenters. The maximum Gasteiger partial charge on any atom is 0.0658 e. The molecular weight excluding hydrogens is 158 g/mol. The Morgan fingerprint density at radius 1 is 1.31 bits per heavy atom. The monoisotopic (exact) mass is 175 g/mol. The zero-order valence-electron chi connectivity index (χ0n) is 8.13. The first-order valence-electron chi connectivity index (χ1n) is 5.21. The Labute approximate surface area is 81.1 Å². The van der Waals surface area contributed by atoms with E-state index in [0.29, 0.717) is 11.8 Å². The van der Waals surface area contributed by atoms with Crippen LogP contribution in [-0.4, -0.2) is 0 Å². The second kappa shape index (κ2) is 5.65. The maximum absolute atomic E-state index is 8.93. The van der Waals surface area contributed by atoms with Gasteiger partial charge in [0, 0.05) is 12.3 Å². The summed E-state index contributed by atoms with van der Waals surface area (Å²) in [4.78, 5) is 0. The van der Waals surface area contributed by atoms with Crippen LogP contribution >= 0.6 is 0 Å². The quantitative estimate of drug-likeness (QED) is 0.477. The first-order valence-corrected chi connectivity index (χ1v) is 5.21. The molecule has 13 heavy (non-hydrogen) atoms. The number of hydrogen-bond acceptors (Lipinski definition) is 1. The predicted octanol–water partition coefficient (Wildman–Crippen LogP) is 3.12. The van der Waals surface area contributed by atoms with Crippen molar-refractivity contribution in [2.24, 2.45) is 11.8 Å². The van der Waals surface area contributed by atoms with Crippen LogP contribution in [0.25, 0.3) is 0 Å². The highest BCUT2D eigenvalue weighted by molar-refractivity contribution is 4.91. The third kappa shape index (κ3) is 3.11. The number of rotatable bonds is 3. The van der Waals surface area contributed by atoms with Crippen LogP contribution in [0.15, 0.2) is 0 Å². The van der Waals surface area contributed by atoms with Gasteiger partial charge in [0.2, 0.25) is 0 Å². The van der Waals surface area contributed by atoms with Gasteiger partial charge in [-0.25, -0.2) is 0 Å². The van der Waals surface area contributed by atoms with E-state index in [1.165, 1.54) is 19.3 Å². The highest BCUT2D eigenvalue weighted by Gasteiger charge is 2.23. The molecule has 1 heteroatoms. The van der Waals surface area contributed by atoms with Crippen molar-refractivity contribution in [1.29, 1.82) is 5.26 Å². The Balaban J connectivity index is 2.29. The van der Waals surface area contributed by atoms with E-state index in [2.05, 4.69) is 12.0 Å². The molecule has 1 fully saturated rings.